The van der Waals surface area contributed by atoms with Gasteiger partial charge < -0.3 is 0 Å². The average molecular weight is 213 g/mol. The highest BCUT2D eigenvalue weighted by Crippen LogP contribution is 2.73. The maximum absolute atomic E-state index is 6.22. The molecule has 0 spiro atoms. The van der Waals surface area contributed by atoms with Gasteiger partial charge in [-0.1, -0.05) is 53.9 Å². The molecule has 13 heavy (non-hydrogen) atoms. The van der Waals surface area contributed by atoms with Gasteiger partial charge in [-0.3, -0.25) is 0 Å². The van der Waals surface area contributed by atoms with Gasteiger partial charge in [0.2, 0.25) is 0 Å². The summed E-state index contributed by atoms with van der Waals surface area (Å²) in [7, 11) is 0. The summed E-state index contributed by atoms with van der Waals surface area (Å²) in [6.45, 7) is 0. The molecule has 0 aliphatic heterocycles. The first-order chi connectivity index (χ1) is 6.23. The van der Waals surface area contributed by atoms with Crippen LogP contribution in [-0.4, -0.2) is 0 Å². The van der Waals surface area contributed by atoms with Crippen molar-refractivity contribution >= 4 is 23.2 Å². The minimum Gasteiger partial charge on any atom is -0.0868 e. The first kappa shape index (κ1) is 8.14. The third kappa shape index (κ3) is 0.649. The lowest BCUT2D eigenvalue weighted by atomic mass is 9.55. The van der Waals surface area contributed by atoms with Crippen LogP contribution in [0.1, 0.15) is 19.3 Å². The fraction of sp³-hybridized carbons (Fsp3) is 0.455. The molecule has 0 radical (unpaired) electrons. The fourth-order valence-electron chi connectivity index (χ4n) is 3.08. The molecule has 68 valence electrons. The monoisotopic (exact) mass is 212 g/mol. The van der Waals surface area contributed by atoms with Crippen molar-refractivity contribution in [2.75, 3.05) is 0 Å². The Morgan fingerprint density at radius 2 is 1.38 bits per heavy atom. The molecule has 0 amide bonds. The van der Waals surface area contributed by atoms with E-state index in [0.717, 1.165) is 22.9 Å². The van der Waals surface area contributed by atoms with E-state index >= 15 is 0 Å². The van der Waals surface area contributed by atoms with E-state index in [4.69, 9.17) is 23.2 Å². The molecule has 0 aromatic rings. The number of allylic oxidation sites excluding steroid dienone is 6. The van der Waals surface area contributed by atoms with E-state index < -0.39 is 0 Å². The maximum atomic E-state index is 6.22. The zero-order valence-electron chi connectivity index (χ0n) is 7.19. The van der Waals surface area contributed by atoms with E-state index in [1.807, 2.05) is 0 Å². The zero-order valence-corrected chi connectivity index (χ0v) is 8.70. The molecule has 0 aromatic carbocycles. The summed E-state index contributed by atoms with van der Waals surface area (Å²) < 4.78 is 0. The lowest BCUT2D eigenvalue weighted by Gasteiger charge is -2.52. The molecule has 0 saturated heterocycles. The zero-order chi connectivity index (χ0) is 9.10. The summed E-state index contributed by atoms with van der Waals surface area (Å²) >= 11 is 12.4. The Hall–Kier alpha value is -0.200. The third-order valence-corrected chi connectivity index (χ3v) is 4.94. The molecule has 0 bridgehead atoms. The lowest BCUT2D eigenvalue weighted by Crippen LogP contribution is -2.45. The topological polar surface area (TPSA) is 0 Å². The first-order valence-corrected chi connectivity index (χ1v) is 5.42. The Labute approximate surface area is 87.9 Å². The van der Waals surface area contributed by atoms with Crippen molar-refractivity contribution < 1.29 is 0 Å². The second-order valence-electron chi connectivity index (χ2n) is 4.14. The van der Waals surface area contributed by atoms with E-state index in [9.17, 15) is 0 Å². The summed E-state index contributed by atoms with van der Waals surface area (Å²) in [5.74, 6) is 0. The van der Waals surface area contributed by atoms with Crippen molar-refractivity contribution in [2.24, 2.45) is 10.8 Å². The molecule has 3 rings (SSSR count). The summed E-state index contributed by atoms with van der Waals surface area (Å²) in [6.07, 6.45) is 12.2. The van der Waals surface area contributed by atoms with Gasteiger partial charge in [-0.15, -0.1) is 0 Å². The smallest absolute Gasteiger partial charge is 0.0447 e. The van der Waals surface area contributed by atoms with Gasteiger partial charge in [0, 0.05) is 20.9 Å². The molecule has 0 aromatic heterocycles. The van der Waals surface area contributed by atoms with Gasteiger partial charge in [-0.2, -0.15) is 0 Å². The summed E-state index contributed by atoms with van der Waals surface area (Å²) in [5.41, 5.74) is 0.167. The predicted octanol–water partition coefficient (Wildman–Crippen LogP) is 3.97. The number of hydrogen-bond acceptors (Lipinski definition) is 0. The van der Waals surface area contributed by atoms with Crippen LogP contribution < -0.4 is 0 Å². The summed E-state index contributed by atoms with van der Waals surface area (Å²) in [4.78, 5) is 0. The van der Waals surface area contributed by atoms with Crippen molar-refractivity contribution in [1.82, 2.24) is 0 Å². The maximum Gasteiger partial charge on any atom is 0.0447 e. The highest BCUT2D eigenvalue weighted by atomic mass is 35.5. The second kappa shape index (κ2) is 2.24. The van der Waals surface area contributed by atoms with Crippen molar-refractivity contribution in [3.63, 3.8) is 0 Å². The van der Waals surface area contributed by atoms with Gasteiger partial charge in [0.25, 0.3) is 0 Å². The van der Waals surface area contributed by atoms with Crippen molar-refractivity contribution in [3.05, 3.63) is 34.4 Å². The van der Waals surface area contributed by atoms with Crippen molar-refractivity contribution in [2.45, 2.75) is 19.3 Å². The molecule has 0 N–H and O–H groups in total. The van der Waals surface area contributed by atoms with Crippen molar-refractivity contribution in [1.29, 1.82) is 0 Å². The quantitative estimate of drug-likeness (QED) is 0.571. The van der Waals surface area contributed by atoms with Crippen LogP contribution in [0.3, 0.4) is 0 Å². The van der Waals surface area contributed by atoms with Gasteiger partial charge in [-0.25, -0.2) is 0 Å². The van der Waals surface area contributed by atoms with Crippen LogP contribution in [0.2, 0.25) is 0 Å². The Balaban J connectivity index is 2.26. The number of halogens is 2. The Morgan fingerprint density at radius 1 is 0.923 bits per heavy atom. The lowest BCUT2D eigenvalue weighted by molar-refractivity contribution is 0.245. The van der Waals surface area contributed by atoms with E-state index in [2.05, 4.69) is 24.3 Å². The van der Waals surface area contributed by atoms with Crippen LogP contribution >= 0.6 is 23.2 Å². The predicted molar refractivity (Wildman–Crippen MR) is 55.7 cm³/mol. The largest absolute Gasteiger partial charge is 0.0868 e. The van der Waals surface area contributed by atoms with Gasteiger partial charge >= 0.3 is 0 Å². The van der Waals surface area contributed by atoms with E-state index in [0.29, 0.717) is 0 Å². The minimum absolute atomic E-state index is 0.0837. The molecule has 0 unspecified atom stereocenters. The highest BCUT2D eigenvalue weighted by Gasteiger charge is 2.64. The van der Waals surface area contributed by atoms with Gasteiger partial charge in [0.1, 0.15) is 0 Å². The molecule has 3 aliphatic carbocycles. The van der Waals surface area contributed by atoms with Crippen LogP contribution in [-0.2, 0) is 0 Å². The summed E-state index contributed by atoms with van der Waals surface area (Å²) in [6, 6.07) is 0. The van der Waals surface area contributed by atoms with Crippen molar-refractivity contribution in [3.8, 4) is 0 Å². The van der Waals surface area contributed by atoms with Crippen LogP contribution in [0, 0.1) is 10.8 Å². The fourth-order valence-corrected chi connectivity index (χ4v) is 4.07. The van der Waals surface area contributed by atoms with Gasteiger partial charge in [-0.05, 0) is 12.8 Å². The van der Waals surface area contributed by atoms with E-state index in [1.54, 1.807) is 0 Å². The minimum atomic E-state index is 0.0837. The number of rotatable bonds is 0. The Bertz CT molecular complexity index is 330. The molecule has 0 nitrogen and oxygen atoms in total. The van der Waals surface area contributed by atoms with E-state index in [-0.39, 0.29) is 10.8 Å². The summed E-state index contributed by atoms with van der Waals surface area (Å²) in [5, 5.41) is 1.76. The molecule has 0 heterocycles. The normalized spacial score (nSPS) is 46.0. The SMILES string of the molecule is ClC1=C(Cl)[C@]23C=CC=C[C@]12CCC3. The average Bonchev–Trinajstić information content (AvgIpc) is 2.54. The Kier molecular flexibility index (Phi) is 1.40. The Morgan fingerprint density at radius 3 is 1.85 bits per heavy atom. The standard InChI is InChI=1S/C11H10Cl2/c12-8-9(13)11-5-2-1-4-10(8,11)6-3-7-11/h1-2,4-5H,3,6-7H2/t10-,11+. The van der Waals surface area contributed by atoms with Crippen LogP contribution in [0.4, 0.5) is 0 Å². The molecule has 3 aliphatic rings. The van der Waals surface area contributed by atoms with Gasteiger partial charge in [0.05, 0.1) is 0 Å². The van der Waals surface area contributed by atoms with Crippen LogP contribution in [0.25, 0.3) is 0 Å². The van der Waals surface area contributed by atoms with Crippen LogP contribution in [0.15, 0.2) is 34.4 Å². The second-order valence-corrected chi connectivity index (χ2v) is 4.90. The molecular formula is C11H10Cl2. The van der Waals surface area contributed by atoms with Crippen LogP contribution in [0.5, 0.6) is 0 Å². The number of hydrogen-bond donors (Lipinski definition) is 0. The third-order valence-electron chi connectivity index (χ3n) is 3.79. The van der Waals surface area contributed by atoms with Gasteiger partial charge in [0.15, 0.2) is 0 Å². The molecule has 2 atom stereocenters. The molecular weight excluding hydrogens is 203 g/mol. The molecule has 2 heteroatoms. The molecule has 1 saturated carbocycles. The highest BCUT2D eigenvalue weighted by molar-refractivity contribution is 6.42. The molecule has 1 fully saturated rings. The van der Waals surface area contributed by atoms with E-state index in [1.165, 1.54) is 6.42 Å². The first-order valence-electron chi connectivity index (χ1n) is 4.66.